The molecular weight excluding hydrogens is 196 g/mol. The molecule has 0 saturated heterocycles. The molecule has 86 valence electrons. The Morgan fingerprint density at radius 3 is 2.93 bits per heavy atom. The fraction of sp³-hybridized carbons (Fsp3) is 0.800. The zero-order valence-corrected chi connectivity index (χ0v) is 9.27. The Morgan fingerprint density at radius 2 is 2.27 bits per heavy atom. The number of hydrogen-bond acceptors (Lipinski definition) is 5. The van der Waals surface area contributed by atoms with Crippen LogP contribution in [0.4, 0.5) is 0 Å². The number of aromatic nitrogens is 2. The number of methoxy groups -OCH3 is 1. The molecule has 0 amide bonds. The van der Waals surface area contributed by atoms with Gasteiger partial charge in [-0.05, 0) is 19.8 Å². The first kappa shape index (κ1) is 12.1. The van der Waals surface area contributed by atoms with Crippen LogP contribution in [-0.2, 0) is 17.6 Å². The van der Waals surface area contributed by atoms with Crippen molar-refractivity contribution in [1.82, 2.24) is 10.1 Å². The summed E-state index contributed by atoms with van der Waals surface area (Å²) in [5.74, 6) is 1.32. The topological polar surface area (TPSA) is 68.4 Å². The first-order valence-electron chi connectivity index (χ1n) is 5.21. The SMILES string of the molecule is COCCCc1noc(CCC(C)O)n1. The first-order valence-corrected chi connectivity index (χ1v) is 5.21. The number of hydrogen-bond donors (Lipinski definition) is 1. The van der Waals surface area contributed by atoms with Crippen LogP contribution < -0.4 is 0 Å². The molecule has 1 rings (SSSR count). The second kappa shape index (κ2) is 6.53. The molecule has 0 aliphatic rings. The molecule has 1 atom stereocenters. The Labute approximate surface area is 89.4 Å². The van der Waals surface area contributed by atoms with E-state index in [2.05, 4.69) is 10.1 Å². The predicted octanol–water partition coefficient (Wildman–Crippen LogP) is 0.962. The molecule has 0 aromatic carbocycles. The van der Waals surface area contributed by atoms with Crippen LogP contribution in [0.25, 0.3) is 0 Å². The monoisotopic (exact) mass is 214 g/mol. The molecule has 1 aromatic rings. The van der Waals surface area contributed by atoms with Crippen LogP contribution in [0.2, 0.25) is 0 Å². The molecule has 0 spiro atoms. The van der Waals surface area contributed by atoms with Crippen LogP contribution >= 0.6 is 0 Å². The molecule has 1 heterocycles. The third kappa shape index (κ3) is 4.90. The van der Waals surface area contributed by atoms with Gasteiger partial charge in [-0.2, -0.15) is 4.98 Å². The van der Waals surface area contributed by atoms with Gasteiger partial charge in [0.1, 0.15) is 0 Å². The van der Waals surface area contributed by atoms with E-state index in [1.165, 1.54) is 0 Å². The molecule has 0 aliphatic heterocycles. The second-order valence-corrected chi connectivity index (χ2v) is 3.59. The second-order valence-electron chi connectivity index (χ2n) is 3.59. The van der Waals surface area contributed by atoms with Crippen molar-refractivity contribution in [2.75, 3.05) is 13.7 Å². The van der Waals surface area contributed by atoms with Gasteiger partial charge in [0.2, 0.25) is 5.89 Å². The number of nitrogens with zero attached hydrogens (tertiary/aromatic N) is 2. The van der Waals surface area contributed by atoms with E-state index in [1.807, 2.05) is 0 Å². The normalized spacial score (nSPS) is 13.0. The van der Waals surface area contributed by atoms with E-state index in [4.69, 9.17) is 14.4 Å². The quantitative estimate of drug-likeness (QED) is 0.685. The zero-order valence-electron chi connectivity index (χ0n) is 9.27. The van der Waals surface area contributed by atoms with Crippen molar-refractivity contribution < 1.29 is 14.4 Å². The van der Waals surface area contributed by atoms with E-state index < -0.39 is 0 Å². The van der Waals surface area contributed by atoms with Crippen LogP contribution in [0.5, 0.6) is 0 Å². The molecule has 0 saturated carbocycles. The summed E-state index contributed by atoms with van der Waals surface area (Å²) in [6, 6.07) is 0. The molecule has 0 radical (unpaired) electrons. The number of aryl methyl sites for hydroxylation is 2. The lowest BCUT2D eigenvalue weighted by atomic mass is 10.2. The van der Waals surface area contributed by atoms with E-state index in [0.717, 1.165) is 12.8 Å². The van der Waals surface area contributed by atoms with Crippen LogP contribution in [-0.4, -0.2) is 35.1 Å². The van der Waals surface area contributed by atoms with Gasteiger partial charge in [-0.1, -0.05) is 5.16 Å². The number of aliphatic hydroxyl groups is 1. The Morgan fingerprint density at radius 1 is 1.47 bits per heavy atom. The minimum atomic E-state index is -0.325. The van der Waals surface area contributed by atoms with Crippen molar-refractivity contribution >= 4 is 0 Å². The van der Waals surface area contributed by atoms with Gasteiger partial charge >= 0.3 is 0 Å². The van der Waals surface area contributed by atoms with Gasteiger partial charge < -0.3 is 14.4 Å². The maximum absolute atomic E-state index is 9.09. The molecule has 5 heteroatoms. The fourth-order valence-electron chi connectivity index (χ4n) is 1.20. The molecule has 5 nitrogen and oxygen atoms in total. The maximum Gasteiger partial charge on any atom is 0.226 e. The van der Waals surface area contributed by atoms with Crippen LogP contribution in [0.1, 0.15) is 31.5 Å². The van der Waals surface area contributed by atoms with E-state index >= 15 is 0 Å². The van der Waals surface area contributed by atoms with Crippen molar-refractivity contribution in [2.24, 2.45) is 0 Å². The van der Waals surface area contributed by atoms with Gasteiger partial charge in [0, 0.05) is 26.6 Å². The van der Waals surface area contributed by atoms with Gasteiger partial charge in [0.15, 0.2) is 5.82 Å². The average Bonchev–Trinajstić information content (AvgIpc) is 2.63. The molecular formula is C10H18N2O3. The van der Waals surface area contributed by atoms with Crippen molar-refractivity contribution in [3.63, 3.8) is 0 Å². The zero-order chi connectivity index (χ0) is 11.1. The first-order chi connectivity index (χ1) is 7.22. The molecule has 1 aromatic heterocycles. The summed E-state index contributed by atoms with van der Waals surface area (Å²) in [5.41, 5.74) is 0. The predicted molar refractivity (Wildman–Crippen MR) is 54.5 cm³/mol. The molecule has 0 bridgehead atoms. The summed E-state index contributed by atoms with van der Waals surface area (Å²) in [5, 5.41) is 12.9. The largest absolute Gasteiger partial charge is 0.393 e. The van der Waals surface area contributed by atoms with E-state index in [0.29, 0.717) is 31.2 Å². The highest BCUT2D eigenvalue weighted by Crippen LogP contribution is 2.04. The third-order valence-electron chi connectivity index (χ3n) is 2.03. The summed E-state index contributed by atoms with van der Waals surface area (Å²) >= 11 is 0. The molecule has 1 N–H and O–H groups in total. The summed E-state index contributed by atoms with van der Waals surface area (Å²) in [6.45, 7) is 2.45. The summed E-state index contributed by atoms with van der Waals surface area (Å²) in [4.78, 5) is 4.21. The van der Waals surface area contributed by atoms with Gasteiger partial charge in [-0.25, -0.2) is 0 Å². The molecule has 0 aliphatic carbocycles. The van der Waals surface area contributed by atoms with Gasteiger partial charge in [0.25, 0.3) is 0 Å². The highest BCUT2D eigenvalue weighted by Gasteiger charge is 2.07. The summed E-state index contributed by atoms with van der Waals surface area (Å²) in [7, 11) is 1.67. The molecule has 0 fully saturated rings. The van der Waals surface area contributed by atoms with Crippen LogP contribution in [0, 0.1) is 0 Å². The number of rotatable bonds is 7. The number of ether oxygens (including phenoxy) is 1. The van der Waals surface area contributed by atoms with Crippen LogP contribution in [0.15, 0.2) is 4.52 Å². The van der Waals surface area contributed by atoms with Gasteiger partial charge in [-0.15, -0.1) is 0 Å². The Kier molecular flexibility index (Phi) is 5.28. The van der Waals surface area contributed by atoms with E-state index in [9.17, 15) is 0 Å². The van der Waals surface area contributed by atoms with Crippen molar-refractivity contribution in [1.29, 1.82) is 0 Å². The highest BCUT2D eigenvalue weighted by atomic mass is 16.5. The third-order valence-corrected chi connectivity index (χ3v) is 2.03. The van der Waals surface area contributed by atoms with Crippen molar-refractivity contribution in [2.45, 2.75) is 38.7 Å². The van der Waals surface area contributed by atoms with Crippen molar-refractivity contribution in [3.05, 3.63) is 11.7 Å². The standard InChI is InChI=1S/C10H18N2O3/c1-8(13)5-6-10-11-9(12-15-10)4-3-7-14-2/h8,13H,3-7H2,1-2H3. The summed E-state index contributed by atoms with van der Waals surface area (Å²) in [6.07, 6.45) is 2.63. The Balaban J connectivity index is 2.29. The highest BCUT2D eigenvalue weighted by molar-refractivity contribution is 4.86. The Bertz CT molecular complexity index is 273. The smallest absolute Gasteiger partial charge is 0.226 e. The lowest BCUT2D eigenvalue weighted by Crippen LogP contribution is -2.01. The Hall–Kier alpha value is -0.940. The summed E-state index contributed by atoms with van der Waals surface area (Å²) < 4.78 is 9.96. The van der Waals surface area contributed by atoms with Crippen LogP contribution in [0.3, 0.4) is 0 Å². The number of aliphatic hydroxyl groups excluding tert-OH is 1. The minimum absolute atomic E-state index is 0.325. The molecule has 15 heavy (non-hydrogen) atoms. The lowest BCUT2D eigenvalue weighted by molar-refractivity contribution is 0.180. The van der Waals surface area contributed by atoms with Gasteiger partial charge in [0.05, 0.1) is 6.10 Å². The fourth-order valence-corrected chi connectivity index (χ4v) is 1.20. The van der Waals surface area contributed by atoms with E-state index in [-0.39, 0.29) is 6.10 Å². The van der Waals surface area contributed by atoms with Crippen molar-refractivity contribution in [3.8, 4) is 0 Å². The molecule has 1 unspecified atom stereocenters. The minimum Gasteiger partial charge on any atom is -0.393 e. The lowest BCUT2D eigenvalue weighted by Gasteiger charge is -1.98. The van der Waals surface area contributed by atoms with E-state index in [1.54, 1.807) is 14.0 Å². The maximum atomic E-state index is 9.09. The average molecular weight is 214 g/mol. The van der Waals surface area contributed by atoms with Gasteiger partial charge in [-0.3, -0.25) is 0 Å².